The minimum absolute atomic E-state index is 0.00196. The van der Waals surface area contributed by atoms with Crippen LogP contribution in [0.3, 0.4) is 0 Å². The van der Waals surface area contributed by atoms with Gasteiger partial charge in [-0.3, -0.25) is 9.59 Å². The lowest BCUT2D eigenvalue weighted by Gasteiger charge is -2.23. The zero-order chi connectivity index (χ0) is 16.5. The highest BCUT2D eigenvalue weighted by Crippen LogP contribution is 2.22. The van der Waals surface area contributed by atoms with Crippen LogP contribution in [0.2, 0.25) is 0 Å². The Labute approximate surface area is 144 Å². The molecule has 1 saturated carbocycles. The van der Waals surface area contributed by atoms with Gasteiger partial charge in [-0.2, -0.15) is 0 Å². The van der Waals surface area contributed by atoms with Crippen molar-refractivity contribution in [3.05, 3.63) is 0 Å². The van der Waals surface area contributed by atoms with E-state index in [9.17, 15) is 9.59 Å². The van der Waals surface area contributed by atoms with Gasteiger partial charge in [0.05, 0.1) is 5.88 Å². The zero-order valence-electron chi connectivity index (χ0n) is 14.3. The van der Waals surface area contributed by atoms with E-state index in [2.05, 4.69) is 10.6 Å². The van der Waals surface area contributed by atoms with Gasteiger partial charge >= 0.3 is 0 Å². The Hall–Kier alpha value is -0.750. The van der Waals surface area contributed by atoms with E-state index in [4.69, 9.17) is 0 Å². The van der Waals surface area contributed by atoms with Crippen molar-refractivity contribution in [3.63, 3.8) is 0 Å². The topological polar surface area (TPSA) is 61.4 Å². The van der Waals surface area contributed by atoms with E-state index in [1.54, 1.807) is 16.7 Å². The molecule has 0 aromatic rings. The van der Waals surface area contributed by atoms with Crippen molar-refractivity contribution in [1.82, 2.24) is 15.5 Å². The van der Waals surface area contributed by atoms with Crippen molar-refractivity contribution in [3.8, 4) is 0 Å². The van der Waals surface area contributed by atoms with Gasteiger partial charge in [-0.15, -0.1) is 11.8 Å². The maximum Gasteiger partial charge on any atom is 0.243 e. The van der Waals surface area contributed by atoms with E-state index < -0.39 is 0 Å². The van der Waals surface area contributed by atoms with Crippen molar-refractivity contribution >= 4 is 23.6 Å². The van der Waals surface area contributed by atoms with Crippen LogP contribution in [-0.2, 0) is 9.59 Å². The SMILES string of the molecule is CCCC(=O)N1CSCC1C(=O)NCCNC1CCCCCC1. The van der Waals surface area contributed by atoms with Gasteiger partial charge < -0.3 is 15.5 Å². The molecule has 1 saturated heterocycles. The van der Waals surface area contributed by atoms with Crippen molar-refractivity contribution in [2.45, 2.75) is 70.4 Å². The highest BCUT2D eigenvalue weighted by Gasteiger charge is 2.33. The van der Waals surface area contributed by atoms with E-state index in [0.29, 0.717) is 24.9 Å². The molecule has 1 atom stereocenters. The number of nitrogens with zero attached hydrogens (tertiary/aromatic N) is 1. The first-order valence-electron chi connectivity index (χ1n) is 9.10. The smallest absolute Gasteiger partial charge is 0.243 e. The Bertz CT molecular complexity index is 384. The standard InChI is InChI=1S/C17H31N3O2S/c1-2-7-16(21)20-13-23-12-15(20)17(22)19-11-10-18-14-8-5-3-4-6-9-14/h14-15,18H,2-13H2,1H3,(H,19,22). The summed E-state index contributed by atoms with van der Waals surface area (Å²) in [5, 5.41) is 6.56. The Morgan fingerprint density at radius 3 is 2.57 bits per heavy atom. The lowest BCUT2D eigenvalue weighted by molar-refractivity contribution is -0.138. The first-order chi connectivity index (χ1) is 11.2. The normalized spacial score (nSPS) is 22.8. The maximum absolute atomic E-state index is 12.3. The third kappa shape index (κ3) is 5.99. The fourth-order valence-electron chi connectivity index (χ4n) is 3.33. The number of hydrogen-bond acceptors (Lipinski definition) is 4. The fourth-order valence-corrected chi connectivity index (χ4v) is 4.51. The molecule has 1 heterocycles. The van der Waals surface area contributed by atoms with Crippen LogP contribution in [0.5, 0.6) is 0 Å². The van der Waals surface area contributed by atoms with E-state index in [1.807, 2.05) is 6.92 Å². The Morgan fingerprint density at radius 1 is 1.13 bits per heavy atom. The summed E-state index contributed by atoms with van der Waals surface area (Å²) < 4.78 is 0. The molecule has 0 spiro atoms. The Morgan fingerprint density at radius 2 is 1.87 bits per heavy atom. The summed E-state index contributed by atoms with van der Waals surface area (Å²) in [4.78, 5) is 26.1. The number of carbonyl (C=O) groups excluding carboxylic acids is 2. The van der Waals surface area contributed by atoms with Crippen LogP contribution in [-0.4, -0.2) is 53.5 Å². The molecule has 0 aromatic heterocycles. The third-order valence-electron chi connectivity index (χ3n) is 4.68. The second kappa shape index (κ2) is 10.2. The number of carbonyl (C=O) groups is 2. The minimum Gasteiger partial charge on any atom is -0.353 e. The number of amides is 2. The molecule has 0 bridgehead atoms. The quantitative estimate of drug-likeness (QED) is 0.550. The molecule has 2 amide bonds. The van der Waals surface area contributed by atoms with Crippen molar-refractivity contribution in [2.24, 2.45) is 0 Å². The summed E-state index contributed by atoms with van der Waals surface area (Å²) in [5.41, 5.74) is 0. The predicted octanol–water partition coefficient (Wildman–Crippen LogP) is 2.12. The highest BCUT2D eigenvalue weighted by atomic mass is 32.2. The monoisotopic (exact) mass is 341 g/mol. The summed E-state index contributed by atoms with van der Waals surface area (Å²) in [6.07, 6.45) is 9.23. The molecule has 1 aliphatic carbocycles. The van der Waals surface area contributed by atoms with E-state index in [-0.39, 0.29) is 17.9 Å². The molecule has 1 aliphatic heterocycles. The van der Waals surface area contributed by atoms with Gasteiger partial charge in [0.15, 0.2) is 0 Å². The average Bonchev–Trinajstić information content (AvgIpc) is 2.90. The number of thioether (sulfide) groups is 1. The van der Waals surface area contributed by atoms with Crippen LogP contribution in [0.25, 0.3) is 0 Å². The lowest BCUT2D eigenvalue weighted by atomic mass is 10.1. The fraction of sp³-hybridized carbons (Fsp3) is 0.882. The summed E-state index contributed by atoms with van der Waals surface area (Å²) in [6.45, 7) is 3.46. The van der Waals surface area contributed by atoms with Crippen LogP contribution in [0.15, 0.2) is 0 Å². The zero-order valence-corrected chi connectivity index (χ0v) is 15.1. The maximum atomic E-state index is 12.3. The highest BCUT2D eigenvalue weighted by molar-refractivity contribution is 7.99. The molecule has 0 aromatic carbocycles. The van der Waals surface area contributed by atoms with Gasteiger partial charge in [0, 0.05) is 31.3 Å². The van der Waals surface area contributed by atoms with E-state index in [1.165, 1.54) is 38.5 Å². The van der Waals surface area contributed by atoms with E-state index in [0.717, 1.165) is 18.7 Å². The Balaban J connectivity index is 1.66. The molecule has 6 heteroatoms. The van der Waals surface area contributed by atoms with Crippen LogP contribution in [0.1, 0.15) is 58.3 Å². The minimum atomic E-state index is -0.281. The molecule has 2 rings (SSSR count). The predicted molar refractivity (Wildman–Crippen MR) is 95.4 cm³/mol. The van der Waals surface area contributed by atoms with Crippen molar-refractivity contribution in [2.75, 3.05) is 24.7 Å². The van der Waals surface area contributed by atoms with Gasteiger partial charge in [0.2, 0.25) is 11.8 Å². The van der Waals surface area contributed by atoms with Crippen LogP contribution in [0.4, 0.5) is 0 Å². The first-order valence-corrected chi connectivity index (χ1v) is 10.3. The van der Waals surface area contributed by atoms with Gasteiger partial charge in [0.1, 0.15) is 6.04 Å². The molecular formula is C17H31N3O2S. The Kier molecular flexibility index (Phi) is 8.23. The molecule has 23 heavy (non-hydrogen) atoms. The van der Waals surface area contributed by atoms with Gasteiger partial charge in [-0.25, -0.2) is 0 Å². The second-order valence-corrected chi connectivity index (χ2v) is 7.56. The van der Waals surface area contributed by atoms with E-state index >= 15 is 0 Å². The van der Waals surface area contributed by atoms with Crippen molar-refractivity contribution in [1.29, 1.82) is 0 Å². The largest absolute Gasteiger partial charge is 0.353 e. The summed E-state index contributed by atoms with van der Waals surface area (Å²) in [7, 11) is 0. The van der Waals surface area contributed by atoms with Gasteiger partial charge in [-0.05, 0) is 19.3 Å². The molecule has 2 N–H and O–H groups in total. The third-order valence-corrected chi connectivity index (χ3v) is 5.69. The number of nitrogens with one attached hydrogen (secondary N) is 2. The average molecular weight is 342 g/mol. The molecule has 132 valence electrons. The lowest BCUT2D eigenvalue weighted by Crippen LogP contribution is -2.48. The van der Waals surface area contributed by atoms with Crippen LogP contribution < -0.4 is 10.6 Å². The molecular weight excluding hydrogens is 310 g/mol. The summed E-state index contributed by atoms with van der Waals surface area (Å²) in [6, 6.07) is 0.330. The van der Waals surface area contributed by atoms with Gasteiger partial charge in [-0.1, -0.05) is 32.6 Å². The molecule has 2 fully saturated rings. The molecule has 2 aliphatic rings. The van der Waals surface area contributed by atoms with Crippen LogP contribution in [0, 0.1) is 0 Å². The second-order valence-electron chi connectivity index (χ2n) is 6.56. The first kappa shape index (κ1) is 18.6. The summed E-state index contributed by atoms with van der Waals surface area (Å²) in [5.74, 6) is 1.48. The van der Waals surface area contributed by atoms with Crippen LogP contribution >= 0.6 is 11.8 Å². The number of hydrogen-bond donors (Lipinski definition) is 2. The van der Waals surface area contributed by atoms with Gasteiger partial charge in [0.25, 0.3) is 0 Å². The molecule has 0 radical (unpaired) electrons. The molecule has 5 nitrogen and oxygen atoms in total. The molecule has 1 unspecified atom stereocenters. The van der Waals surface area contributed by atoms with Crippen molar-refractivity contribution < 1.29 is 9.59 Å². The number of rotatable bonds is 7. The summed E-state index contributed by atoms with van der Waals surface area (Å²) >= 11 is 1.67.